The van der Waals surface area contributed by atoms with Gasteiger partial charge in [0.2, 0.25) is 5.91 Å². The molecule has 2 aliphatic rings. The Morgan fingerprint density at radius 1 is 1.19 bits per heavy atom. The maximum absolute atomic E-state index is 12.6. The second-order valence-corrected chi connectivity index (χ2v) is 6.89. The van der Waals surface area contributed by atoms with Crippen LogP contribution in [0.2, 0.25) is 0 Å². The second kappa shape index (κ2) is 6.87. The molecule has 2 amide bonds. The van der Waals surface area contributed by atoms with E-state index in [4.69, 9.17) is 4.74 Å². The Morgan fingerprint density at radius 2 is 2.00 bits per heavy atom. The zero-order chi connectivity index (χ0) is 19.0. The number of nitrogens with one attached hydrogen (secondary N) is 1. The van der Waals surface area contributed by atoms with Crippen molar-refractivity contribution in [1.82, 2.24) is 0 Å². The summed E-state index contributed by atoms with van der Waals surface area (Å²) in [6.07, 6.45) is 0.942. The van der Waals surface area contributed by atoms with Gasteiger partial charge in [-0.05, 0) is 48.7 Å². The summed E-state index contributed by atoms with van der Waals surface area (Å²) in [7, 11) is 0. The van der Waals surface area contributed by atoms with Crippen LogP contribution in [-0.2, 0) is 20.7 Å². The minimum absolute atomic E-state index is 0.127. The number of cyclic esters (lactones) is 1. The van der Waals surface area contributed by atoms with Crippen molar-refractivity contribution in [3.05, 3.63) is 59.2 Å². The van der Waals surface area contributed by atoms with Gasteiger partial charge < -0.3 is 15.0 Å². The average Bonchev–Trinajstić information content (AvgIpc) is 3.07. The fraction of sp³-hybridized carbons (Fsp3) is 0.286. The molecule has 0 aliphatic carbocycles. The Kier molecular flexibility index (Phi) is 4.39. The number of rotatable bonds is 3. The molecule has 0 saturated carbocycles. The molecule has 2 aromatic rings. The number of aryl methyl sites for hydroxylation is 1. The van der Waals surface area contributed by atoms with Crippen molar-refractivity contribution in [2.75, 3.05) is 16.8 Å². The second-order valence-electron chi connectivity index (χ2n) is 6.89. The number of hydrogen-bond donors (Lipinski definition) is 1. The number of nitrogens with zero attached hydrogens (tertiary/aromatic N) is 1. The Labute approximate surface area is 157 Å². The fourth-order valence-corrected chi connectivity index (χ4v) is 3.64. The van der Waals surface area contributed by atoms with Gasteiger partial charge in [-0.15, -0.1) is 0 Å². The van der Waals surface area contributed by atoms with Crippen LogP contribution in [0.4, 0.5) is 11.4 Å². The van der Waals surface area contributed by atoms with Gasteiger partial charge in [0, 0.05) is 30.8 Å². The van der Waals surface area contributed by atoms with Crippen molar-refractivity contribution in [3.8, 4) is 0 Å². The number of fused-ring (bicyclic) bond motifs is 1. The highest BCUT2D eigenvalue weighted by molar-refractivity contribution is 6.00. The van der Waals surface area contributed by atoms with E-state index in [9.17, 15) is 14.4 Å². The molecule has 0 aromatic heterocycles. The molecule has 1 atom stereocenters. The average molecular weight is 364 g/mol. The first kappa shape index (κ1) is 17.3. The van der Waals surface area contributed by atoms with Gasteiger partial charge in [0.05, 0.1) is 5.56 Å². The smallest absolute Gasteiger partial charge is 0.339 e. The van der Waals surface area contributed by atoms with E-state index in [1.54, 1.807) is 23.1 Å². The van der Waals surface area contributed by atoms with E-state index >= 15 is 0 Å². The number of benzene rings is 2. The highest BCUT2D eigenvalue weighted by atomic mass is 16.5. The lowest BCUT2D eigenvalue weighted by atomic mass is 9.98. The maximum atomic E-state index is 12.6. The zero-order valence-corrected chi connectivity index (χ0v) is 15.0. The van der Waals surface area contributed by atoms with E-state index in [-0.39, 0.29) is 11.8 Å². The van der Waals surface area contributed by atoms with E-state index in [2.05, 4.69) is 5.32 Å². The molecule has 27 heavy (non-hydrogen) atoms. The van der Waals surface area contributed by atoms with Gasteiger partial charge in [0.1, 0.15) is 0 Å². The lowest BCUT2D eigenvalue weighted by Crippen LogP contribution is -2.38. The minimum atomic E-state index is -0.854. The number of ether oxygens (including phenoxy) is 1. The highest BCUT2D eigenvalue weighted by Gasteiger charge is 2.31. The highest BCUT2D eigenvalue weighted by Crippen LogP contribution is 2.28. The van der Waals surface area contributed by atoms with E-state index in [1.165, 1.54) is 0 Å². The number of carbonyl (C=O) groups excluding carboxylic acids is 3. The van der Waals surface area contributed by atoms with E-state index in [0.717, 1.165) is 29.8 Å². The van der Waals surface area contributed by atoms with E-state index in [0.29, 0.717) is 24.1 Å². The van der Waals surface area contributed by atoms with Gasteiger partial charge in [0.15, 0.2) is 6.10 Å². The molecule has 138 valence electrons. The van der Waals surface area contributed by atoms with E-state index < -0.39 is 12.1 Å². The number of hydrogen-bond acceptors (Lipinski definition) is 4. The molecule has 2 aromatic carbocycles. The summed E-state index contributed by atoms with van der Waals surface area (Å²) in [5, 5.41) is 2.81. The summed E-state index contributed by atoms with van der Waals surface area (Å²) in [5.41, 5.74) is 3.72. The van der Waals surface area contributed by atoms with Crippen LogP contribution in [0.15, 0.2) is 42.5 Å². The SMILES string of the molecule is Cc1cc(NC(=O)[C@H]2Cc3ccccc3C(=O)O2)ccc1N1CCCC1=O. The third kappa shape index (κ3) is 3.30. The standard InChI is InChI=1S/C21H20N2O4/c1-13-11-15(8-9-17(13)23-10-4-7-19(23)24)22-20(25)18-12-14-5-2-3-6-16(14)21(26)27-18/h2-3,5-6,8-9,11,18H,4,7,10,12H2,1H3,(H,22,25)/t18-/m1/s1. The summed E-state index contributed by atoms with van der Waals surface area (Å²) in [6, 6.07) is 12.6. The topological polar surface area (TPSA) is 75.7 Å². The molecule has 0 radical (unpaired) electrons. The number of anilines is 2. The molecule has 2 heterocycles. The van der Waals surface area contributed by atoms with Gasteiger partial charge in [-0.25, -0.2) is 4.79 Å². The number of carbonyl (C=O) groups is 3. The molecular formula is C21H20N2O4. The number of amides is 2. The molecular weight excluding hydrogens is 344 g/mol. The summed E-state index contributed by atoms with van der Waals surface area (Å²) >= 11 is 0. The third-order valence-corrected chi connectivity index (χ3v) is 5.01. The Balaban J connectivity index is 1.48. The van der Waals surface area contributed by atoms with Gasteiger partial charge >= 0.3 is 5.97 Å². The maximum Gasteiger partial charge on any atom is 0.339 e. The largest absolute Gasteiger partial charge is 0.448 e. The first-order chi connectivity index (χ1) is 13.0. The van der Waals surface area contributed by atoms with Crippen LogP contribution in [0, 0.1) is 6.92 Å². The molecule has 1 saturated heterocycles. The molecule has 6 heteroatoms. The predicted octanol–water partition coefficient (Wildman–Crippen LogP) is 2.84. The quantitative estimate of drug-likeness (QED) is 0.850. The van der Waals surface area contributed by atoms with Crippen molar-refractivity contribution in [3.63, 3.8) is 0 Å². The lowest BCUT2D eigenvalue weighted by Gasteiger charge is -2.24. The Hall–Kier alpha value is -3.15. The monoisotopic (exact) mass is 364 g/mol. The lowest BCUT2D eigenvalue weighted by molar-refractivity contribution is -0.125. The third-order valence-electron chi connectivity index (χ3n) is 5.01. The van der Waals surface area contributed by atoms with Crippen molar-refractivity contribution >= 4 is 29.2 Å². The summed E-state index contributed by atoms with van der Waals surface area (Å²) in [4.78, 5) is 38.4. The van der Waals surface area contributed by atoms with Crippen molar-refractivity contribution in [2.45, 2.75) is 32.3 Å². The van der Waals surface area contributed by atoms with Crippen molar-refractivity contribution in [2.24, 2.45) is 0 Å². The zero-order valence-electron chi connectivity index (χ0n) is 15.0. The molecule has 4 rings (SSSR count). The Bertz CT molecular complexity index is 938. The molecule has 0 unspecified atom stereocenters. The fourth-order valence-electron chi connectivity index (χ4n) is 3.64. The Morgan fingerprint density at radius 3 is 2.74 bits per heavy atom. The van der Waals surface area contributed by atoms with Crippen LogP contribution in [-0.4, -0.2) is 30.4 Å². The van der Waals surface area contributed by atoms with Crippen molar-refractivity contribution < 1.29 is 19.1 Å². The van der Waals surface area contributed by atoms with Gasteiger partial charge in [-0.1, -0.05) is 18.2 Å². The summed E-state index contributed by atoms with van der Waals surface area (Å²) < 4.78 is 5.29. The molecule has 1 fully saturated rings. The van der Waals surface area contributed by atoms with Crippen LogP contribution in [0.3, 0.4) is 0 Å². The molecule has 1 N–H and O–H groups in total. The van der Waals surface area contributed by atoms with Crippen LogP contribution in [0.1, 0.15) is 34.3 Å². The molecule has 0 spiro atoms. The van der Waals surface area contributed by atoms with E-state index in [1.807, 2.05) is 31.2 Å². The normalized spacial score (nSPS) is 18.9. The molecule has 0 bridgehead atoms. The predicted molar refractivity (Wildman–Crippen MR) is 101 cm³/mol. The van der Waals surface area contributed by atoms with Gasteiger partial charge in [0.25, 0.3) is 5.91 Å². The van der Waals surface area contributed by atoms with Crippen LogP contribution in [0.5, 0.6) is 0 Å². The molecule has 6 nitrogen and oxygen atoms in total. The summed E-state index contributed by atoms with van der Waals surface area (Å²) in [6.45, 7) is 2.64. The van der Waals surface area contributed by atoms with Crippen molar-refractivity contribution in [1.29, 1.82) is 0 Å². The minimum Gasteiger partial charge on any atom is -0.448 e. The first-order valence-electron chi connectivity index (χ1n) is 9.04. The van der Waals surface area contributed by atoms with Crippen LogP contribution in [0.25, 0.3) is 0 Å². The van der Waals surface area contributed by atoms with Crippen LogP contribution < -0.4 is 10.2 Å². The number of esters is 1. The van der Waals surface area contributed by atoms with Crippen LogP contribution >= 0.6 is 0 Å². The first-order valence-corrected chi connectivity index (χ1v) is 9.04. The van der Waals surface area contributed by atoms with Gasteiger partial charge in [-0.2, -0.15) is 0 Å². The molecule has 2 aliphatic heterocycles. The van der Waals surface area contributed by atoms with Gasteiger partial charge in [-0.3, -0.25) is 9.59 Å². The summed E-state index contributed by atoms with van der Waals surface area (Å²) in [5.74, 6) is -0.707.